The lowest BCUT2D eigenvalue weighted by Crippen LogP contribution is -2.35. The molecule has 0 amide bonds. The normalized spacial score (nSPS) is 19.7. The third-order valence-corrected chi connectivity index (χ3v) is 3.80. The second-order valence-corrected chi connectivity index (χ2v) is 5.04. The summed E-state index contributed by atoms with van der Waals surface area (Å²) in [4.78, 5) is 11.2. The van der Waals surface area contributed by atoms with Crippen LogP contribution >= 0.6 is 0 Å². The number of nitrogens with zero attached hydrogens (tertiary/aromatic N) is 3. The molecule has 19 heavy (non-hydrogen) atoms. The van der Waals surface area contributed by atoms with Gasteiger partial charge in [-0.2, -0.15) is 0 Å². The third-order valence-electron chi connectivity index (χ3n) is 3.80. The highest BCUT2D eigenvalue weighted by atomic mass is 15.3. The maximum Gasteiger partial charge on any atom is 0.148 e. The van der Waals surface area contributed by atoms with Crippen molar-refractivity contribution in [1.29, 1.82) is 0 Å². The highest BCUT2D eigenvalue weighted by Gasteiger charge is 2.23. The lowest BCUT2D eigenvalue weighted by molar-refractivity contribution is 0.277. The van der Waals surface area contributed by atoms with Crippen LogP contribution in [0.25, 0.3) is 0 Å². The quantitative estimate of drug-likeness (QED) is 0.549. The van der Waals surface area contributed by atoms with Crippen LogP contribution in [0.15, 0.2) is 0 Å². The monoisotopic (exact) mass is 264 g/mol. The van der Waals surface area contributed by atoms with Crippen LogP contribution in [0.4, 0.5) is 11.6 Å². The van der Waals surface area contributed by atoms with E-state index in [9.17, 15) is 0 Å². The standard InChI is InChI=1S/C13H24N6/c1-4-19-7-5-6-11(19)8-15-12-9(2)13(18-14)17-10(3)16-12/h11H,4-8,14H2,1-3H3,(H2,15,16,17,18). The van der Waals surface area contributed by atoms with Crippen molar-refractivity contribution in [2.75, 3.05) is 30.4 Å². The summed E-state index contributed by atoms with van der Waals surface area (Å²) in [5.41, 5.74) is 3.59. The lowest BCUT2D eigenvalue weighted by atomic mass is 10.2. The van der Waals surface area contributed by atoms with Crippen molar-refractivity contribution in [2.45, 2.75) is 39.7 Å². The smallest absolute Gasteiger partial charge is 0.148 e. The van der Waals surface area contributed by atoms with Crippen LogP contribution < -0.4 is 16.6 Å². The molecule has 2 rings (SSSR count). The summed E-state index contributed by atoms with van der Waals surface area (Å²) in [6.45, 7) is 9.32. The van der Waals surface area contributed by atoms with Gasteiger partial charge in [-0.05, 0) is 39.8 Å². The predicted octanol–water partition coefficient (Wildman–Crippen LogP) is 1.28. The molecule has 1 fully saturated rings. The van der Waals surface area contributed by atoms with Crippen molar-refractivity contribution in [3.05, 3.63) is 11.4 Å². The molecule has 0 radical (unpaired) electrons. The second kappa shape index (κ2) is 6.16. The minimum absolute atomic E-state index is 0.606. The van der Waals surface area contributed by atoms with Gasteiger partial charge in [-0.3, -0.25) is 4.90 Å². The van der Waals surface area contributed by atoms with Crippen LogP contribution in [-0.4, -0.2) is 40.5 Å². The number of likely N-dealkylation sites (tertiary alicyclic amines) is 1. The maximum atomic E-state index is 5.47. The van der Waals surface area contributed by atoms with E-state index in [-0.39, 0.29) is 0 Å². The van der Waals surface area contributed by atoms with E-state index in [1.54, 1.807) is 0 Å². The molecule has 1 aliphatic heterocycles. The average molecular weight is 264 g/mol. The lowest BCUT2D eigenvalue weighted by Gasteiger charge is -2.23. The molecule has 1 saturated heterocycles. The Morgan fingerprint density at radius 2 is 2.05 bits per heavy atom. The molecule has 0 spiro atoms. The van der Waals surface area contributed by atoms with E-state index >= 15 is 0 Å². The van der Waals surface area contributed by atoms with E-state index in [1.165, 1.54) is 19.4 Å². The molecule has 0 saturated carbocycles. The van der Waals surface area contributed by atoms with Crippen LogP contribution in [0.5, 0.6) is 0 Å². The number of hydrogen-bond donors (Lipinski definition) is 3. The van der Waals surface area contributed by atoms with Gasteiger partial charge in [0.1, 0.15) is 17.5 Å². The minimum Gasteiger partial charge on any atom is -0.368 e. The van der Waals surface area contributed by atoms with Crippen molar-refractivity contribution < 1.29 is 0 Å². The predicted molar refractivity (Wildman–Crippen MR) is 78.1 cm³/mol. The maximum absolute atomic E-state index is 5.47. The highest BCUT2D eigenvalue weighted by molar-refractivity contribution is 5.56. The van der Waals surface area contributed by atoms with Gasteiger partial charge in [-0.25, -0.2) is 15.8 Å². The summed E-state index contributed by atoms with van der Waals surface area (Å²) < 4.78 is 0. The molecule has 0 bridgehead atoms. The van der Waals surface area contributed by atoms with Gasteiger partial charge in [0.05, 0.1) is 0 Å². The Labute approximate surface area is 114 Å². The number of hydrogen-bond acceptors (Lipinski definition) is 6. The van der Waals surface area contributed by atoms with Gasteiger partial charge < -0.3 is 10.7 Å². The van der Waals surface area contributed by atoms with Gasteiger partial charge in [0.25, 0.3) is 0 Å². The molecule has 1 aliphatic rings. The minimum atomic E-state index is 0.606. The van der Waals surface area contributed by atoms with Gasteiger partial charge in [-0.15, -0.1) is 0 Å². The molecule has 1 aromatic heterocycles. The number of rotatable bonds is 5. The number of aromatic nitrogens is 2. The zero-order valence-electron chi connectivity index (χ0n) is 12.0. The highest BCUT2D eigenvalue weighted by Crippen LogP contribution is 2.21. The Balaban J connectivity index is 2.05. The summed E-state index contributed by atoms with van der Waals surface area (Å²) in [7, 11) is 0. The summed E-state index contributed by atoms with van der Waals surface area (Å²) in [6, 6.07) is 0.606. The third kappa shape index (κ3) is 3.13. The molecule has 1 unspecified atom stereocenters. The largest absolute Gasteiger partial charge is 0.368 e. The number of anilines is 2. The van der Waals surface area contributed by atoms with Crippen molar-refractivity contribution in [3.8, 4) is 0 Å². The fourth-order valence-electron chi connectivity index (χ4n) is 2.70. The van der Waals surface area contributed by atoms with Crippen LogP contribution in [0.1, 0.15) is 31.2 Å². The second-order valence-electron chi connectivity index (χ2n) is 5.04. The average Bonchev–Trinajstić information content (AvgIpc) is 2.86. The summed E-state index contributed by atoms with van der Waals surface area (Å²) >= 11 is 0. The van der Waals surface area contributed by atoms with Crippen molar-refractivity contribution in [2.24, 2.45) is 5.84 Å². The van der Waals surface area contributed by atoms with Crippen molar-refractivity contribution in [1.82, 2.24) is 14.9 Å². The Morgan fingerprint density at radius 3 is 2.74 bits per heavy atom. The van der Waals surface area contributed by atoms with Gasteiger partial charge in [-0.1, -0.05) is 6.92 Å². The van der Waals surface area contributed by atoms with E-state index < -0.39 is 0 Å². The molecule has 4 N–H and O–H groups in total. The number of nitrogens with one attached hydrogen (secondary N) is 2. The SMILES string of the molecule is CCN1CCCC1CNc1nc(C)nc(NN)c1C. The Morgan fingerprint density at radius 1 is 1.32 bits per heavy atom. The number of hydrazine groups is 1. The van der Waals surface area contributed by atoms with Gasteiger partial charge in [0.2, 0.25) is 0 Å². The summed E-state index contributed by atoms with van der Waals surface area (Å²) in [5, 5.41) is 3.45. The molecular weight excluding hydrogens is 240 g/mol. The van der Waals surface area contributed by atoms with Gasteiger partial charge >= 0.3 is 0 Å². The number of nitrogen functional groups attached to an aromatic ring is 1. The Bertz CT molecular complexity index is 433. The Kier molecular flexibility index (Phi) is 4.55. The molecular formula is C13H24N6. The topological polar surface area (TPSA) is 79.1 Å². The van der Waals surface area contributed by atoms with Gasteiger partial charge in [0.15, 0.2) is 0 Å². The zero-order chi connectivity index (χ0) is 13.8. The molecule has 2 heterocycles. The Hall–Kier alpha value is -1.40. The molecule has 106 valence electrons. The molecule has 1 atom stereocenters. The molecule has 1 aromatic rings. The van der Waals surface area contributed by atoms with Crippen LogP contribution in [-0.2, 0) is 0 Å². The number of likely N-dealkylation sites (N-methyl/N-ethyl adjacent to an activating group) is 1. The summed E-state index contributed by atoms with van der Waals surface area (Å²) in [6.07, 6.45) is 2.55. The van der Waals surface area contributed by atoms with Crippen LogP contribution in [0, 0.1) is 13.8 Å². The van der Waals surface area contributed by atoms with E-state index in [0.29, 0.717) is 11.9 Å². The number of aryl methyl sites for hydroxylation is 1. The van der Waals surface area contributed by atoms with E-state index in [4.69, 9.17) is 5.84 Å². The molecule has 0 aliphatic carbocycles. The summed E-state index contributed by atoms with van der Waals surface area (Å²) in [5.74, 6) is 7.76. The molecule has 6 heteroatoms. The van der Waals surface area contributed by atoms with E-state index in [0.717, 1.165) is 30.3 Å². The van der Waals surface area contributed by atoms with Crippen molar-refractivity contribution >= 4 is 11.6 Å². The zero-order valence-corrected chi connectivity index (χ0v) is 12.0. The van der Waals surface area contributed by atoms with Crippen LogP contribution in [0.3, 0.4) is 0 Å². The first-order valence-corrected chi connectivity index (χ1v) is 6.95. The van der Waals surface area contributed by atoms with Crippen molar-refractivity contribution in [3.63, 3.8) is 0 Å². The number of nitrogens with two attached hydrogens (primary N) is 1. The van der Waals surface area contributed by atoms with Gasteiger partial charge in [0, 0.05) is 18.2 Å². The van der Waals surface area contributed by atoms with E-state index in [1.807, 2.05) is 13.8 Å². The fraction of sp³-hybridized carbons (Fsp3) is 0.692. The van der Waals surface area contributed by atoms with E-state index in [2.05, 4.69) is 32.5 Å². The molecule has 6 nitrogen and oxygen atoms in total. The first kappa shape index (κ1) is 14.0. The molecule has 0 aromatic carbocycles. The first-order chi connectivity index (χ1) is 9.15. The fourth-order valence-corrected chi connectivity index (χ4v) is 2.70. The first-order valence-electron chi connectivity index (χ1n) is 6.95. The van der Waals surface area contributed by atoms with Crippen LogP contribution in [0.2, 0.25) is 0 Å².